The minimum Gasteiger partial charge on any atom is -0.267 e. The molecule has 2 atom stereocenters. The van der Waals surface area contributed by atoms with Gasteiger partial charge in [0.25, 0.3) is 0 Å². The van der Waals surface area contributed by atoms with Crippen molar-refractivity contribution in [2.45, 2.75) is 6.04 Å². The highest BCUT2D eigenvalue weighted by Gasteiger charge is 2.26. The van der Waals surface area contributed by atoms with Crippen molar-refractivity contribution in [3.63, 3.8) is 0 Å². The van der Waals surface area contributed by atoms with Crippen molar-refractivity contribution < 1.29 is 0 Å². The molecule has 0 fully saturated rings. The van der Waals surface area contributed by atoms with Gasteiger partial charge >= 0.3 is 0 Å². The third kappa shape index (κ3) is 1.30. The molecular formula is C7H5Cl2N3. The van der Waals surface area contributed by atoms with Crippen LogP contribution >= 0.6 is 23.2 Å². The molecule has 2 unspecified atom stereocenters. The first-order valence-electron chi connectivity index (χ1n) is 3.45. The van der Waals surface area contributed by atoms with Crippen LogP contribution in [-0.4, -0.2) is 22.7 Å². The molecule has 0 amide bonds. The summed E-state index contributed by atoms with van der Waals surface area (Å²) < 4.78 is 0. The van der Waals surface area contributed by atoms with Gasteiger partial charge in [0.1, 0.15) is 11.2 Å². The molecule has 0 N–H and O–H groups in total. The SMILES string of the molecule is ClC1=NC2C=NC=CC2C(Cl)=N1. The smallest absolute Gasteiger partial charge is 0.219 e. The van der Waals surface area contributed by atoms with E-state index in [9.17, 15) is 0 Å². The van der Waals surface area contributed by atoms with Crippen LogP contribution in [0.3, 0.4) is 0 Å². The molecule has 3 nitrogen and oxygen atoms in total. The summed E-state index contributed by atoms with van der Waals surface area (Å²) in [6.07, 6.45) is 5.27. The molecule has 0 saturated carbocycles. The molecule has 0 aromatic heterocycles. The Labute approximate surface area is 79.5 Å². The molecule has 0 saturated heterocycles. The van der Waals surface area contributed by atoms with Crippen molar-refractivity contribution in [3.05, 3.63) is 12.3 Å². The first-order chi connectivity index (χ1) is 5.77. The van der Waals surface area contributed by atoms with Gasteiger partial charge in [-0.2, -0.15) is 0 Å². The summed E-state index contributed by atoms with van der Waals surface area (Å²) in [5, 5.41) is 0.672. The minimum atomic E-state index is -0.0764. The van der Waals surface area contributed by atoms with Crippen molar-refractivity contribution in [2.24, 2.45) is 20.9 Å². The van der Waals surface area contributed by atoms with Crippen LogP contribution in [0.2, 0.25) is 0 Å². The summed E-state index contributed by atoms with van der Waals surface area (Å²) in [6, 6.07) is -0.0764. The van der Waals surface area contributed by atoms with E-state index in [4.69, 9.17) is 23.2 Å². The zero-order chi connectivity index (χ0) is 8.55. The van der Waals surface area contributed by atoms with Crippen LogP contribution in [0.15, 0.2) is 27.3 Å². The second-order valence-electron chi connectivity index (χ2n) is 2.49. The normalized spacial score (nSPS) is 32.5. The number of rotatable bonds is 0. The largest absolute Gasteiger partial charge is 0.267 e. The quantitative estimate of drug-likeness (QED) is 0.537. The maximum Gasteiger partial charge on any atom is 0.219 e. The zero-order valence-corrected chi connectivity index (χ0v) is 7.50. The second kappa shape index (κ2) is 2.99. The Hall–Kier alpha value is -0.670. The molecule has 0 radical (unpaired) electrons. The highest BCUT2D eigenvalue weighted by molar-refractivity contribution is 6.72. The lowest BCUT2D eigenvalue weighted by atomic mass is 10.0. The molecule has 62 valence electrons. The molecule has 2 heterocycles. The number of hydrogen-bond acceptors (Lipinski definition) is 3. The van der Waals surface area contributed by atoms with Crippen molar-refractivity contribution in [2.75, 3.05) is 0 Å². The Morgan fingerprint density at radius 2 is 2.17 bits per heavy atom. The minimum absolute atomic E-state index is 0.0201. The van der Waals surface area contributed by atoms with Gasteiger partial charge < -0.3 is 0 Å². The maximum absolute atomic E-state index is 5.86. The first-order valence-corrected chi connectivity index (χ1v) is 4.20. The summed E-state index contributed by atoms with van der Waals surface area (Å²) in [5.41, 5.74) is 0. The van der Waals surface area contributed by atoms with Gasteiger partial charge in [0.05, 0.1) is 5.92 Å². The van der Waals surface area contributed by atoms with E-state index in [1.807, 2.05) is 6.08 Å². The lowest BCUT2D eigenvalue weighted by molar-refractivity contribution is 0.761. The summed E-state index contributed by atoms with van der Waals surface area (Å²) in [6.45, 7) is 0. The number of aliphatic imine (C=N–C) groups is 3. The summed E-state index contributed by atoms with van der Waals surface area (Å²) in [4.78, 5) is 11.9. The molecule has 2 rings (SSSR count). The summed E-state index contributed by atoms with van der Waals surface area (Å²) in [7, 11) is 0. The lowest BCUT2D eigenvalue weighted by Crippen LogP contribution is -2.29. The second-order valence-corrected chi connectivity index (χ2v) is 3.21. The van der Waals surface area contributed by atoms with E-state index in [1.54, 1.807) is 12.4 Å². The van der Waals surface area contributed by atoms with Crippen LogP contribution in [-0.2, 0) is 0 Å². The van der Waals surface area contributed by atoms with Crippen LogP contribution in [0.5, 0.6) is 0 Å². The number of nitrogens with zero attached hydrogens (tertiary/aromatic N) is 3. The molecular weight excluding hydrogens is 197 g/mol. The Kier molecular flexibility index (Phi) is 1.98. The number of amidine groups is 1. The van der Waals surface area contributed by atoms with Crippen molar-refractivity contribution in [3.8, 4) is 0 Å². The Morgan fingerprint density at radius 1 is 1.33 bits per heavy atom. The molecule has 0 aliphatic carbocycles. The van der Waals surface area contributed by atoms with Crippen molar-refractivity contribution >= 4 is 39.9 Å². The van der Waals surface area contributed by atoms with E-state index in [0.29, 0.717) is 5.17 Å². The number of hydrogen-bond donors (Lipinski definition) is 0. The number of fused-ring (bicyclic) bond motifs is 1. The fourth-order valence-corrected chi connectivity index (χ4v) is 1.66. The van der Waals surface area contributed by atoms with E-state index in [0.717, 1.165) is 0 Å². The third-order valence-corrected chi connectivity index (χ3v) is 2.23. The van der Waals surface area contributed by atoms with E-state index in [-0.39, 0.29) is 17.3 Å². The molecule has 12 heavy (non-hydrogen) atoms. The van der Waals surface area contributed by atoms with Gasteiger partial charge in [-0.25, -0.2) is 9.98 Å². The third-order valence-electron chi connectivity index (χ3n) is 1.72. The van der Waals surface area contributed by atoms with Crippen molar-refractivity contribution in [1.29, 1.82) is 0 Å². The van der Waals surface area contributed by atoms with Gasteiger partial charge in [0, 0.05) is 12.4 Å². The van der Waals surface area contributed by atoms with Crippen LogP contribution in [0.25, 0.3) is 0 Å². The molecule has 2 aliphatic rings. The average Bonchev–Trinajstić information content (AvgIpc) is 2.04. The van der Waals surface area contributed by atoms with Gasteiger partial charge in [-0.05, 0) is 11.6 Å². The number of halogens is 2. The molecule has 0 aromatic carbocycles. The monoisotopic (exact) mass is 201 g/mol. The standard InChI is InChI=1S/C7H5Cl2N3/c8-6-4-1-2-10-3-5(4)11-7(9)12-6/h1-5H. The molecule has 0 aromatic rings. The van der Waals surface area contributed by atoms with Crippen molar-refractivity contribution in [1.82, 2.24) is 0 Å². The van der Waals surface area contributed by atoms with Gasteiger partial charge in [-0.3, -0.25) is 4.99 Å². The highest BCUT2D eigenvalue weighted by atomic mass is 35.5. The topological polar surface area (TPSA) is 37.1 Å². The summed E-state index contributed by atoms with van der Waals surface area (Å²) in [5.74, 6) is 0.0201. The van der Waals surface area contributed by atoms with E-state index in [2.05, 4.69) is 15.0 Å². The average molecular weight is 202 g/mol. The lowest BCUT2D eigenvalue weighted by Gasteiger charge is -2.21. The Morgan fingerprint density at radius 3 is 3.00 bits per heavy atom. The van der Waals surface area contributed by atoms with Crippen LogP contribution in [0.1, 0.15) is 0 Å². The van der Waals surface area contributed by atoms with Crippen LogP contribution in [0, 0.1) is 5.92 Å². The summed E-state index contributed by atoms with van der Waals surface area (Å²) >= 11 is 11.5. The van der Waals surface area contributed by atoms with E-state index < -0.39 is 0 Å². The van der Waals surface area contributed by atoms with Gasteiger partial charge in [0.2, 0.25) is 5.29 Å². The van der Waals surface area contributed by atoms with Gasteiger partial charge in [-0.1, -0.05) is 17.7 Å². The van der Waals surface area contributed by atoms with Gasteiger partial charge in [-0.15, -0.1) is 0 Å². The molecule has 0 spiro atoms. The fraction of sp³-hybridized carbons (Fsp3) is 0.286. The molecule has 5 heteroatoms. The Balaban J connectivity index is 2.36. The predicted molar refractivity (Wildman–Crippen MR) is 51.5 cm³/mol. The van der Waals surface area contributed by atoms with E-state index >= 15 is 0 Å². The highest BCUT2D eigenvalue weighted by Crippen LogP contribution is 2.21. The van der Waals surface area contributed by atoms with E-state index in [1.165, 1.54) is 0 Å². The maximum atomic E-state index is 5.86. The fourth-order valence-electron chi connectivity index (χ4n) is 1.14. The van der Waals surface area contributed by atoms with Crippen LogP contribution < -0.4 is 0 Å². The first kappa shape index (κ1) is 7.95. The molecule has 2 aliphatic heterocycles. The Bertz CT molecular complexity index is 317. The van der Waals surface area contributed by atoms with Gasteiger partial charge in [0.15, 0.2) is 0 Å². The zero-order valence-electron chi connectivity index (χ0n) is 5.98. The van der Waals surface area contributed by atoms with Crippen LogP contribution in [0.4, 0.5) is 0 Å². The predicted octanol–water partition coefficient (Wildman–Crippen LogP) is 1.81. The molecule has 0 bridgehead atoms.